The summed E-state index contributed by atoms with van der Waals surface area (Å²) in [7, 11) is 0. The van der Waals surface area contributed by atoms with Crippen molar-refractivity contribution in [1.82, 2.24) is 4.90 Å². The third-order valence-electron chi connectivity index (χ3n) is 9.09. The van der Waals surface area contributed by atoms with Crippen molar-refractivity contribution in [3.8, 4) is 17.2 Å². The zero-order valence-corrected chi connectivity index (χ0v) is 26.2. The highest BCUT2D eigenvalue weighted by atomic mass is 35.5. The van der Waals surface area contributed by atoms with Gasteiger partial charge in [0.1, 0.15) is 5.75 Å². The van der Waals surface area contributed by atoms with Crippen molar-refractivity contribution in [2.24, 2.45) is 11.8 Å². The molecule has 3 aromatic carbocycles. The van der Waals surface area contributed by atoms with Crippen LogP contribution < -0.4 is 19.5 Å². The Balaban J connectivity index is 1.33. The average molecular weight is 619 g/mol. The van der Waals surface area contributed by atoms with E-state index in [2.05, 4.69) is 5.32 Å². The zero-order chi connectivity index (χ0) is 31.0. The van der Waals surface area contributed by atoms with Crippen LogP contribution in [0.25, 0.3) is 0 Å². The van der Waals surface area contributed by atoms with Crippen LogP contribution in [0.15, 0.2) is 48.5 Å². The van der Waals surface area contributed by atoms with Gasteiger partial charge in [-0.05, 0) is 103 Å². The number of nitrogens with zero attached hydrogens (tertiary/aromatic N) is 1. The molecule has 1 amide bonds. The Hall–Kier alpha value is -3.75. The smallest absolute Gasteiger partial charge is 0.309 e. The first-order chi connectivity index (χ1) is 21.2. The number of halogens is 1. The second kappa shape index (κ2) is 12.7. The number of hydrogen-bond acceptors (Lipinski definition) is 6. The minimum atomic E-state index is -0.909. The first-order valence-electron chi connectivity index (χ1n) is 15.5. The van der Waals surface area contributed by atoms with Gasteiger partial charge in [-0.15, -0.1) is 0 Å². The highest BCUT2D eigenvalue weighted by molar-refractivity contribution is 6.30. The van der Waals surface area contributed by atoms with Gasteiger partial charge in [-0.25, -0.2) is 0 Å². The van der Waals surface area contributed by atoms with Crippen molar-refractivity contribution in [2.75, 3.05) is 31.8 Å². The summed E-state index contributed by atoms with van der Waals surface area (Å²) in [5.41, 5.74) is 5.38. The number of ether oxygens (including phenoxy) is 3. The molecule has 1 unspecified atom stereocenters. The van der Waals surface area contributed by atoms with Gasteiger partial charge in [0.2, 0.25) is 12.7 Å². The molecule has 9 heteroatoms. The van der Waals surface area contributed by atoms with Crippen molar-refractivity contribution >= 4 is 29.2 Å². The molecule has 0 bridgehead atoms. The van der Waals surface area contributed by atoms with E-state index in [-0.39, 0.29) is 25.2 Å². The summed E-state index contributed by atoms with van der Waals surface area (Å²) in [6.07, 6.45) is 3.84. The number of fused-ring (bicyclic) bond motifs is 1. The van der Waals surface area contributed by atoms with Crippen LogP contribution in [0.2, 0.25) is 5.02 Å². The summed E-state index contributed by atoms with van der Waals surface area (Å²) in [6.45, 7) is 7.28. The van der Waals surface area contributed by atoms with E-state index in [0.29, 0.717) is 35.6 Å². The minimum Gasteiger partial charge on any atom is -0.493 e. The Bertz CT molecular complexity index is 1530. The summed E-state index contributed by atoms with van der Waals surface area (Å²) >= 11 is 6.36. The van der Waals surface area contributed by atoms with E-state index in [9.17, 15) is 14.7 Å². The number of likely N-dealkylation sites (tertiary alicyclic amines) is 1. The van der Waals surface area contributed by atoms with Gasteiger partial charge in [0, 0.05) is 29.2 Å². The molecule has 2 aliphatic heterocycles. The molecule has 3 aromatic rings. The Morgan fingerprint density at radius 1 is 1.02 bits per heavy atom. The third-order valence-corrected chi connectivity index (χ3v) is 9.31. The number of anilines is 1. The lowest BCUT2D eigenvalue weighted by molar-refractivity contribution is -0.143. The number of aliphatic carboxylic acids is 1. The largest absolute Gasteiger partial charge is 0.493 e. The van der Waals surface area contributed by atoms with Crippen LogP contribution in [0, 0.1) is 18.8 Å². The maximum atomic E-state index is 13.7. The first kappa shape index (κ1) is 30.3. The number of amides is 1. The molecular weight excluding hydrogens is 580 g/mol. The van der Waals surface area contributed by atoms with E-state index in [0.717, 1.165) is 52.1 Å². The molecule has 3 atom stereocenters. The van der Waals surface area contributed by atoms with Crippen molar-refractivity contribution in [3.63, 3.8) is 0 Å². The summed E-state index contributed by atoms with van der Waals surface area (Å²) in [4.78, 5) is 28.8. The number of carbonyl (C=O) groups is 2. The molecule has 2 N–H and O–H groups in total. The molecule has 232 valence electrons. The molecule has 2 fully saturated rings. The number of carboxylic acid groups (broad SMARTS) is 1. The molecule has 8 nitrogen and oxygen atoms in total. The quantitative estimate of drug-likeness (QED) is 0.245. The van der Waals surface area contributed by atoms with E-state index in [1.165, 1.54) is 12.8 Å². The van der Waals surface area contributed by atoms with Crippen molar-refractivity contribution in [2.45, 2.75) is 58.4 Å². The number of benzene rings is 3. The Kier molecular flexibility index (Phi) is 8.74. The van der Waals surface area contributed by atoms with Crippen LogP contribution >= 0.6 is 11.6 Å². The SMILES string of the molecule is CCc1cc(Cl)cc(CC)c1NC(=O)CN1C[C@H](c2cc3c(cc2C)OCO3)C(C(=O)O)[C@@H]1c1ccc(OCC2CC2)cc1. The van der Waals surface area contributed by atoms with Crippen LogP contribution in [0.1, 0.15) is 66.5 Å². The lowest BCUT2D eigenvalue weighted by Crippen LogP contribution is -2.35. The van der Waals surface area contributed by atoms with Gasteiger partial charge in [-0.3, -0.25) is 14.5 Å². The molecule has 1 saturated carbocycles. The summed E-state index contributed by atoms with van der Waals surface area (Å²) < 4.78 is 17.2. The molecule has 1 saturated heterocycles. The van der Waals surface area contributed by atoms with Crippen LogP contribution in [0.5, 0.6) is 17.2 Å². The number of nitrogens with one attached hydrogen (secondary N) is 1. The summed E-state index contributed by atoms with van der Waals surface area (Å²) in [5.74, 6) is 0.384. The van der Waals surface area contributed by atoms with Crippen molar-refractivity contribution in [3.05, 3.63) is 81.4 Å². The second-order valence-corrected chi connectivity index (χ2v) is 12.5. The number of carboxylic acids is 1. The fraction of sp³-hybridized carbons (Fsp3) is 0.429. The molecule has 3 aliphatic rings. The predicted octanol–water partition coefficient (Wildman–Crippen LogP) is 6.77. The van der Waals surface area contributed by atoms with Crippen LogP contribution in [0.4, 0.5) is 5.69 Å². The maximum absolute atomic E-state index is 13.7. The average Bonchev–Trinajstić information content (AvgIpc) is 3.61. The normalized spacial score (nSPS) is 21.0. The van der Waals surface area contributed by atoms with E-state index >= 15 is 0 Å². The van der Waals surface area contributed by atoms with Gasteiger partial charge >= 0.3 is 5.97 Å². The summed E-state index contributed by atoms with van der Waals surface area (Å²) in [6, 6.07) is 14.7. The first-order valence-corrected chi connectivity index (χ1v) is 15.8. The second-order valence-electron chi connectivity index (χ2n) is 12.1. The molecule has 0 radical (unpaired) electrons. The molecule has 44 heavy (non-hydrogen) atoms. The van der Waals surface area contributed by atoms with Crippen LogP contribution in [0.3, 0.4) is 0 Å². The number of hydrogen-bond donors (Lipinski definition) is 2. The Labute approximate surface area is 263 Å². The van der Waals surface area contributed by atoms with E-state index in [1.54, 1.807) is 0 Å². The van der Waals surface area contributed by atoms with E-state index in [4.69, 9.17) is 25.8 Å². The van der Waals surface area contributed by atoms with Gasteiger partial charge in [0.15, 0.2) is 11.5 Å². The van der Waals surface area contributed by atoms with E-state index < -0.39 is 17.9 Å². The minimum absolute atomic E-state index is 0.0312. The number of rotatable bonds is 11. The third kappa shape index (κ3) is 6.24. The van der Waals surface area contributed by atoms with Gasteiger partial charge in [0.05, 0.1) is 19.1 Å². The van der Waals surface area contributed by atoms with Gasteiger partial charge in [-0.1, -0.05) is 37.6 Å². The van der Waals surface area contributed by atoms with Crippen LogP contribution in [-0.4, -0.2) is 48.4 Å². The Morgan fingerprint density at radius 3 is 2.30 bits per heavy atom. The molecule has 0 aromatic heterocycles. The zero-order valence-electron chi connectivity index (χ0n) is 25.4. The van der Waals surface area contributed by atoms with Crippen molar-refractivity contribution < 1.29 is 28.9 Å². The van der Waals surface area contributed by atoms with Crippen molar-refractivity contribution in [1.29, 1.82) is 0 Å². The highest BCUT2D eigenvalue weighted by Crippen LogP contribution is 2.49. The monoisotopic (exact) mass is 618 g/mol. The Morgan fingerprint density at radius 2 is 1.68 bits per heavy atom. The lowest BCUT2D eigenvalue weighted by Gasteiger charge is -2.27. The lowest BCUT2D eigenvalue weighted by atomic mass is 9.81. The van der Waals surface area contributed by atoms with Gasteiger partial charge < -0.3 is 24.6 Å². The predicted molar refractivity (Wildman–Crippen MR) is 169 cm³/mol. The molecular formula is C35H39ClN2O6. The molecule has 1 aliphatic carbocycles. The summed E-state index contributed by atoms with van der Waals surface area (Å²) in [5, 5.41) is 14.5. The maximum Gasteiger partial charge on any atom is 0.309 e. The number of aryl methyl sites for hydroxylation is 3. The standard InChI is InChI=1S/C35H39ClN2O6/c1-4-22-13-25(36)14-23(5-2)33(22)37-31(39)17-38-16-28(27-15-30-29(12-20(27)3)43-19-44-30)32(35(40)41)34(38)24-8-10-26(11-9-24)42-18-21-6-7-21/h8-15,21,28,32,34H,4-7,16-19H2,1-3H3,(H,37,39)(H,40,41)/t28-,32?,34+/m1/s1. The molecule has 2 heterocycles. The van der Waals surface area contributed by atoms with Gasteiger partial charge in [0.25, 0.3) is 0 Å². The molecule has 6 rings (SSSR count). The number of carbonyl (C=O) groups excluding carboxylic acids is 1. The highest BCUT2D eigenvalue weighted by Gasteiger charge is 2.48. The fourth-order valence-corrected chi connectivity index (χ4v) is 6.90. The topological polar surface area (TPSA) is 97.3 Å². The molecule has 0 spiro atoms. The van der Waals surface area contributed by atoms with Crippen LogP contribution in [-0.2, 0) is 22.4 Å². The van der Waals surface area contributed by atoms with E-state index in [1.807, 2.05) is 74.2 Å². The van der Waals surface area contributed by atoms with Gasteiger partial charge in [-0.2, -0.15) is 0 Å². The fourth-order valence-electron chi connectivity index (χ4n) is 6.63.